The summed E-state index contributed by atoms with van der Waals surface area (Å²) in [5.41, 5.74) is 0.548. The van der Waals surface area contributed by atoms with Crippen molar-refractivity contribution < 1.29 is 0 Å². The molecule has 128 valence electrons. The second kappa shape index (κ2) is 7.24. The van der Waals surface area contributed by atoms with E-state index in [4.69, 9.17) is 0 Å². The summed E-state index contributed by atoms with van der Waals surface area (Å²) >= 11 is 3.35. The third kappa shape index (κ3) is 3.52. The van der Waals surface area contributed by atoms with Gasteiger partial charge in [0.2, 0.25) is 0 Å². The quantitative estimate of drug-likeness (QED) is 0.465. The fourth-order valence-electron chi connectivity index (χ4n) is 2.53. The van der Waals surface area contributed by atoms with Crippen LogP contribution in [-0.2, 0) is 19.5 Å². The van der Waals surface area contributed by atoms with Gasteiger partial charge in [-0.25, -0.2) is 9.48 Å². The van der Waals surface area contributed by atoms with Gasteiger partial charge < -0.3 is 4.57 Å². The minimum Gasteiger partial charge on any atom is -0.308 e. The van der Waals surface area contributed by atoms with Gasteiger partial charge in [0.05, 0.1) is 6.54 Å². The Labute approximate surface area is 151 Å². The molecule has 4 aromatic rings. The van der Waals surface area contributed by atoms with Gasteiger partial charge in [-0.15, -0.1) is 26.6 Å². The topological polar surface area (TPSA) is 70.0 Å². The lowest BCUT2D eigenvalue weighted by molar-refractivity contribution is 0.626. The Bertz CT molecular complexity index is 1020. The number of nitrogens with zero attached hydrogens (tertiary/aromatic N) is 6. The van der Waals surface area contributed by atoms with Crippen molar-refractivity contribution in [3.63, 3.8) is 0 Å². The number of fused-ring (bicyclic) bond motifs is 1. The maximum absolute atomic E-state index is 12.2. The molecule has 4 rings (SSSR count). The number of thiophene rings is 1. The number of hydrogen-bond donors (Lipinski definition) is 0. The minimum absolute atomic E-state index is 0.115. The SMILES string of the molecule is O=c1n(CCSc2nncn2CCc2cccs2)nc2ccccn12. The number of thioether (sulfide) groups is 1. The molecule has 0 spiro atoms. The molecule has 0 N–H and O–H groups in total. The molecule has 9 heteroatoms. The van der Waals surface area contributed by atoms with Gasteiger partial charge in [-0.3, -0.25) is 4.40 Å². The third-order valence-electron chi connectivity index (χ3n) is 3.78. The van der Waals surface area contributed by atoms with Gasteiger partial charge in [-0.2, -0.15) is 0 Å². The molecule has 0 aliphatic carbocycles. The van der Waals surface area contributed by atoms with Crippen molar-refractivity contribution in [2.45, 2.75) is 24.7 Å². The molecule has 0 aliphatic rings. The van der Waals surface area contributed by atoms with Crippen molar-refractivity contribution in [3.8, 4) is 0 Å². The van der Waals surface area contributed by atoms with Crippen LogP contribution >= 0.6 is 23.1 Å². The summed E-state index contributed by atoms with van der Waals surface area (Å²) in [4.78, 5) is 13.6. The first-order chi connectivity index (χ1) is 12.3. The Morgan fingerprint density at radius 2 is 2.12 bits per heavy atom. The highest BCUT2D eigenvalue weighted by molar-refractivity contribution is 7.99. The molecule has 0 atom stereocenters. The zero-order valence-corrected chi connectivity index (χ0v) is 15.0. The van der Waals surface area contributed by atoms with E-state index in [0.29, 0.717) is 17.9 Å². The zero-order valence-electron chi connectivity index (χ0n) is 13.4. The number of aromatic nitrogens is 6. The molecule has 0 radical (unpaired) electrons. The first kappa shape index (κ1) is 16.1. The average molecular weight is 372 g/mol. The highest BCUT2D eigenvalue weighted by Gasteiger charge is 2.08. The van der Waals surface area contributed by atoms with Crippen LogP contribution in [0.25, 0.3) is 5.65 Å². The highest BCUT2D eigenvalue weighted by Crippen LogP contribution is 2.17. The van der Waals surface area contributed by atoms with Crippen molar-refractivity contribution in [1.29, 1.82) is 0 Å². The lowest BCUT2D eigenvalue weighted by Gasteiger charge is -2.05. The third-order valence-corrected chi connectivity index (χ3v) is 5.68. The molecule has 0 bridgehead atoms. The Morgan fingerprint density at radius 1 is 1.16 bits per heavy atom. The molecule has 0 fully saturated rings. The molecule has 0 saturated heterocycles. The Morgan fingerprint density at radius 3 is 2.96 bits per heavy atom. The van der Waals surface area contributed by atoms with Gasteiger partial charge >= 0.3 is 5.69 Å². The lowest BCUT2D eigenvalue weighted by atomic mass is 10.3. The van der Waals surface area contributed by atoms with Crippen LogP contribution < -0.4 is 5.69 Å². The predicted octanol–water partition coefficient (Wildman–Crippen LogP) is 2.18. The average Bonchev–Trinajstić information content (AvgIpc) is 3.35. The van der Waals surface area contributed by atoms with Gasteiger partial charge in [0.25, 0.3) is 0 Å². The predicted molar refractivity (Wildman–Crippen MR) is 98.2 cm³/mol. The van der Waals surface area contributed by atoms with E-state index in [9.17, 15) is 4.79 Å². The summed E-state index contributed by atoms with van der Waals surface area (Å²) < 4.78 is 5.10. The van der Waals surface area contributed by atoms with E-state index in [1.54, 1.807) is 40.0 Å². The van der Waals surface area contributed by atoms with Crippen LogP contribution in [0.1, 0.15) is 4.88 Å². The van der Waals surface area contributed by atoms with E-state index < -0.39 is 0 Å². The van der Waals surface area contributed by atoms with Gasteiger partial charge in [-0.1, -0.05) is 23.9 Å². The Balaban J connectivity index is 1.38. The monoisotopic (exact) mass is 372 g/mol. The van der Waals surface area contributed by atoms with Crippen molar-refractivity contribution in [2.75, 3.05) is 5.75 Å². The van der Waals surface area contributed by atoms with Gasteiger partial charge in [0, 0.05) is 23.4 Å². The van der Waals surface area contributed by atoms with Crippen molar-refractivity contribution in [3.05, 3.63) is 63.6 Å². The second-order valence-corrected chi connectivity index (χ2v) is 7.51. The van der Waals surface area contributed by atoms with Crippen molar-refractivity contribution in [1.82, 2.24) is 28.9 Å². The second-order valence-electron chi connectivity index (χ2n) is 5.42. The maximum atomic E-state index is 12.2. The molecular formula is C16H16N6OS2. The highest BCUT2D eigenvalue weighted by atomic mass is 32.2. The fraction of sp³-hybridized carbons (Fsp3) is 0.250. The number of hydrogen-bond acceptors (Lipinski definition) is 6. The van der Waals surface area contributed by atoms with E-state index in [2.05, 4.69) is 37.4 Å². The van der Waals surface area contributed by atoms with Crippen LogP contribution in [0.4, 0.5) is 0 Å². The molecule has 4 aromatic heterocycles. The molecule has 0 aliphatic heterocycles. The molecule has 0 saturated carbocycles. The van der Waals surface area contributed by atoms with E-state index in [1.807, 2.05) is 18.2 Å². The van der Waals surface area contributed by atoms with Crippen molar-refractivity contribution >= 4 is 28.7 Å². The molecule has 4 heterocycles. The Kier molecular flexibility index (Phi) is 4.66. The van der Waals surface area contributed by atoms with E-state index in [1.165, 1.54) is 9.56 Å². The first-order valence-corrected chi connectivity index (χ1v) is 9.75. The van der Waals surface area contributed by atoms with Crippen molar-refractivity contribution in [2.24, 2.45) is 0 Å². The zero-order chi connectivity index (χ0) is 17.1. The maximum Gasteiger partial charge on any atom is 0.350 e. The van der Waals surface area contributed by atoms with Crippen LogP contribution in [-0.4, -0.2) is 34.7 Å². The van der Waals surface area contributed by atoms with Crippen LogP contribution in [0.15, 0.2) is 58.2 Å². The molecule has 25 heavy (non-hydrogen) atoms. The summed E-state index contributed by atoms with van der Waals surface area (Å²) in [6.45, 7) is 1.38. The van der Waals surface area contributed by atoms with Gasteiger partial charge in [-0.05, 0) is 30.0 Å². The van der Waals surface area contributed by atoms with E-state index >= 15 is 0 Å². The first-order valence-electron chi connectivity index (χ1n) is 7.88. The minimum atomic E-state index is -0.115. The lowest BCUT2D eigenvalue weighted by Crippen LogP contribution is -2.22. The van der Waals surface area contributed by atoms with Gasteiger partial charge in [0.1, 0.15) is 6.33 Å². The molecule has 0 unspecified atom stereocenters. The molecule has 0 amide bonds. The summed E-state index contributed by atoms with van der Waals surface area (Å²) in [6.07, 6.45) is 4.46. The van der Waals surface area contributed by atoms with Crippen LogP contribution in [0.2, 0.25) is 0 Å². The summed E-state index contributed by atoms with van der Waals surface area (Å²) in [6, 6.07) is 9.72. The molecule has 0 aromatic carbocycles. The number of aryl methyl sites for hydroxylation is 3. The van der Waals surface area contributed by atoms with E-state index in [0.717, 1.165) is 18.1 Å². The summed E-state index contributed by atoms with van der Waals surface area (Å²) in [5.74, 6) is 0.710. The molecular weight excluding hydrogens is 356 g/mol. The Hall–Kier alpha value is -2.39. The van der Waals surface area contributed by atoms with Crippen LogP contribution in [0, 0.1) is 0 Å². The largest absolute Gasteiger partial charge is 0.350 e. The van der Waals surface area contributed by atoms with Gasteiger partial charge in [0.15, 0.2) is 10.8 Å². The smallest absolute Gasteiger partial charge is 0.308 e. The number of pyridine rings is 1. The van der Waals surface area contributed by atoms with E-state index in [-0.39, 0.29) is 5.69 Å². The van der Waals surface area contributed by atoms with Crippen LogP contribution in [0.5, 0.6) is 0 Å². The normalized spacial score (nSPS) is 11.4. The number of rotatable bonds is 7. The fourth-order valence-corrected chi connectivity index (χ4v) is 4.09. The standard InChI is InChI=1S/C16H16N6OS2/c23-16-21-7-2-1-5-14(21)19-22(16)9-11-25-15-18-17-12-20(15)8-6-13-4-3-10-24-13/h1-5,7,10,12H,6,8-9,11H2. The summed E-state index contributed by atoms with van der Waals surface area (Å²) in [7, 11) is 0. The summed E-state index contributed by atoms with van der Waals surface area (Å²) in [5, 5.41) is 15.5. The molecule has 7 nitrogen and oxygen atoms in total. The van der Waals surface area contributed by atoms with Crippen LogP contribution in [0.3, 0.4) is 0 Å².